The zero-order chi connectivity index (χ0) is 22.5. The predicted octanol–water partition coefficient (Wildman–Crippen LogP) is 2.41. The topological polar surface area (TPSA) is 90.4 Å². The van der Waals surface area contributed by atoms with Gasteiger partial charge in [0.25, 0.3) is 0 Å². The number of nitrogens with zero attached hydrogens (tertiary/aromatic N) is 2. The van der Waals surface area contributed by atoms with Crippen LogP contribution >= 0.6 is 0 Å². The summed E-state index contributed by atoms with van der Waals surface area (Å²) in [5, 5.41) is 2.40. The molecule has 164 valence electrons. The Bertz CT molecular complexity index is 824. The van der Waals surface area contributed by atoms with Crippen molar-refractivity contribution < 1.29 is 40.3 Å². The predicted molar refractivity (Wildman–Crippen MR) is 98.1 cm³/mol. The van der Waals surface area contributed by atoms with Gasteiger partial charge in [0, 0.05) is 19.1 Å². The van der Waals surface area contributed by atoms with Gasteiger partial charge in [0.1, 0.15) is 18.2 Å². The third-order valence-electron chi connectivity index (χ3n) is 4.40. The van der Waals surface area contributed by atoms with Gasteiger partial charge in [0.15, 0.2) is 22.5 Å². The highest BCUT2D eigenvalue weighted by molar-refractivity contribution is 7.86. The van der Waals surface area contributed by atoms with Gasteiger partial charge in [0.2, 0.25) is 0 Å². The van der Waals surface area contributed by atoms with Crippen molar-refractivity contribution in [2.24, 2.45) is 0 Å². The van der Waals surface area contributed by atoms with Gasteiger partial charge >= 0.3 is 11.5 Å². The molecule has 1 aromatic rings. The standard InChI is InChI=1S/C17H25N2O2.CHF3O3S/c1-14(10-13-21-15(2)20)8-9-16-17(3,4)19(16)18-11-6-5-7-12-18;2-1(3,4)8(5,6)7/h5-7,10-12,16H,8-9,13H2,1-4H3;(H,5,6,7)/q+1;/p-1/b14-10+;. The number of esters is 1. The van der Waals surface area contributed by atoms with E-state index in [2.05, 4.69) is 55.0 Å². The van der Waals surface area contributed by atoms with Crippen LogP contribution in [0.2, 0.25) is 0 Å². The quantitative estimate of drug-likeness (QED) is 0.169. The average Bonchev–Trinajstić information content (AvgIpc) is 3.13. The summed E-state index contributed by atoms with van der Waals surface area (Å²) in [5.41, 5.74) is -4.17. The maximum Gasteiger partial charge on any atom is 0.485 e. The van der Waals surface area contributed by atoms with Crippen LogP contribution in [0.1, 0.15) is 40.5 Å². The molecule has 0 aromatic carbocycles. The Hall–Kier alpha value is -2.14. The molecule has 2 rings (SSSR count). The average molecular weight is 438 g/mol. The second-order valence-corrected chi connectivity index (χ2v) is 8.43. The van der Waals surface area contributed by atoms with Crippen molar-refractivity contribution in [3.05, 3.63) is 42.2 Å². The van der Waals surface area contributed by atoms with Crippen molar-refractivity contribution in [3.63, 3.8) is 0 Å². The molecule has 1 fully saturated rings. The molecule has 1 unspecified atom stereocenters. The number of hydrogen-bond acceptors (Lipinski definition) is 6. The van der Waals surface area contributed by atoms with Gasteiger partial charge in [-0.25, -0.2) is 8.42 Å². The molecule has 11 heteroatoms. The van der Waals surface area contributed by atoms with E-state index < -0.39 is 15.6 Å². The molecule has 0 bridgehead atoms. The van der Waals surface area contributed by atoms with E-state index in [0.717, 1.165) is 12.8 Å². The number of allylic oxidation sites excluding steroid dienone is 1. The van der Waals surface area contributed by atoms with Gasteiger partial charge in [-0.15, -0.1) is 0 Å². The second-order valence-electron chi connectivity index (χ2n) is 7.06. The summed E-state index contributed by atoms with van der Waals surface area (Å²) in [4.78, 5) is 10.7. The lowest BCUT2D eigenvalue weighted by molar-refractivity contribution is -0.680. The Labute approximate surface area is 168 Å². The Morgan fingerprint density at radius 3 is 2.21 bits per heavy atom. The first kappa shape index (κ1) is 24.9. The van der Waals surface area contributed by atoms with Crippen molar-refractivity contribution in [2.45, 2.75) is 57.6 Å². The van der Waals surface area contributed by atoms with E-state index in [4.69, 9.17) is 17.7 Å². The molecule has 1 saturated heterocycles. The third kappa shape index (κ3) is 7.65. The van der Waals surface area contributed by atoms with Crippen LogP contribution in [-0.2, 0) is 19.6 Å². The first-order valence-electron chi connectivity index (χ1n) is 8.75. The van der Waals surface area contributed by atoms with E-state index in [-0.39, 0.29) is 11.5 Å². The molecule has 0 amide bonds. The Balaban J connectivity index is 0.000000447. The summed E-state index contributed by atoms with van der Waals surface area (Å²) in [5.74, 6) is -0.228. The lowest BCUT2D eigenvalue weighted by atomic mass is 10.0. The fourth-order valence-corrected chi connectivity index (χ4v) is 2.78. The number of ether oxygens (including phenoxy) is 1. The van der Waals surface area contributed by atoms with Crippen LogP contribution in [0.5, 0.6) is 0 Å². The van der Waals surface area contributed by atoms with Crippen molar-refractivity contribution >= 4 is 16.1 Å². The van der Waals surface area contributed by atoms with E-state index in [1.54, 1.807) is 0 Å². The highest BCUT2D eigenvalue weighted by atomic mass is 32.2. The number of carbonyl (C=O) groups is 1. The number of alkyl halides is 3. The molecular formula is C18H25F3N2O5S. The maximum absolute atomic E-state index is 10.7. The zero-order valence-electron chi connectivity index (χ0n) is 16.6. The number of halogens is 3. The van der Waals surface area contributed by atoms with Crippen LogP contribution in [0.25, 0.3) is 0 Å². The lowest BCUT2D eigenvalue weighted by Crippen LogP contribution is -2.48. The molecule has 29 heavy (non-hydrogen) atoms. The molecule has 0 spiro atoms. The van der Waals surface area contributed by atoms with Gasteiger partial charge in [-0.05, 0) is 39.7 Å². The molecule has 1 aromatic heterocycles. The summed E-state index contributed by atoms with van der Waals surface area (Å²) in [6.45, 7) is 8.46. The van der Waals surface area contributed by atoms with Crippen LogP contribution in [-0.4, -0.2) is 42.6 Å². The van der Waals surface area contributed by atoms with Gasteiger partial charge in [0.05, 0.1) is 0 Å². The molecular weight excluding hydrogens is 413 g/mol. The van der Waals surface area contributed by atoms with E-state index in [0.29, 0.717) is 12.6 Å². The van der Waals surface area contributed by atoms with E-state index in [1.807, 2.05) is 12.1 Å². The van der Waals surface area contributed by atoms with E-state index in [1.165, 1.54) is 12.5 Å². The van der Waals surface area contributed by atoms with Crippen LogP contribution in [0.4, 0.5) is 13.2 Å². The van der Waals surface area contributed by atoms with Crippen LogP contribution < -0.4 is 9.69 Å². The molecule has 0 N–H and O–H groups in total. The van der Waals surface area contributed by atoms with Crippen molar-refractivity contribution in [1.29, 1.82) is 0 Å². The summed E-state index contributed by atoms with van der Waals surface area (Å²) in [6, 6.07) is 6.68. The van der Waals surface area contributed by atoms with E-state index in [9.17, 15) is 18.0 Å². The Kier molecular flexibility index (Phi) is 8.22. The largest absolute Gasteiger partial charge is 0.741 e. The molecule has 0 saturated carbocycles. The SMILES string of the molecule is CC(=O)OC/C=C(\C)CCC1N([n+]2ccccc2)C1(C)C.O=S(=O)([O-])C(F)(F)F. The Morgan fingerprint density at radius 2 is 1.76 bits per heavy atom. The number of hydrogen-bond donors (Lipinski definition) is 0. The minimum absolute atomic E-state index is 0.197. The molecule has 0 aliphatic carbocycles. The smallest absolute Gasteiger partial charge is 0.485 e. The number of rotatable bonds is 6. The number of pyridine rings is 1. The molecule has 7 nitrogen and oxygen atoms in total. The van der Waals surface area contributed by atoms with Gasteiger partial charge in [-0.3, -0.25) is 4.79 Å². The number of aromatic nitrogens is 1. The maximum atomic E-state index is 10.7. The van der Waals surface area contributed by atoms with Crippen molar-refractivity contribution in [1.82, 2.24) is 0 Å². The van der Waals surface area contributed by atoms with E-state index >= 15 is 0 Å². The third-order valence-corrected chi connectivity index (χ3v) is 4.96. The second kappa shape index (κ2) is 9.57. The monoisotopic (exact) mass is 438 g/mol. The Morgan fingerprint density at radius 1 is 1.24 bits per heavy atom. The summed E-state index contributed by atoms with van der Waals surface area (Å²) in [6.07, 6.45) is 8.31. The van der Waals surface area contributed by atoms with Crippen LogP contribution in [0.3, 0.4) is 0 Å². The molecule has 0 radical (unpaired) electrons. The van der Waals surface area contributed by atoms with Gasteiger partial charge in [-0.2, -0.15) is 18.2 Å². The summed E-state index contributed by atoms with van der Waals surface area (Å²) >= 11 is 0. The highest BCUT2D eigenvalue weighted by Crippen LogP contribution is 2.38. The lowest BCUT2D eigenvalue weighted by Gasteiger charge is -2.08. The zero-order valence-corrected chi connectivity index (χ0v) is 17.5. The van der Waals surface area contributed by atoms with Crippen LogP contribution in [0.15, 0.2) is 42.2 Å². The molecule has 1 aliphatic heterocycles. The fourth-order valence-electron chi connectivity index (χ4n) is 2.78. The molecule has 2 heterocycles. The summed E-state index contributed by atoms with van der Waals surface area (Å²) < 4.78 is 66.0. The number of carbonyl (C=O) groups excluding carboxylic acids is 1. The molecule has 1 aliphatic rings. The minimum Gasteiger partial charge on any atom is -0.741 e. The fraction of sp³-hybridized carbons (Fsp3) is 0.556. The molecule has 1 atom stereocenters. The van der Waals surface area contributed by atoms with Crippen LogP contribution in [0, 0.1) is 0 Å². The van der Waals surface area contributed by atoms with Crippen molar-refractivity contribution in [3.8, 4) is 0 Å². The minimum atomic E-state index is -6.09. The first-order chi connectivity index (χ1) is 13.2. The van der Waals surface area contributed by atoms with Gasteiger partial charge < -0.3 is 9.29 Å². The van der Waals surface area contributed by atoms with Gasteiger partial charge in [-0.1, -0.05) is 16.3 Å². The highest BCUT2D eigenvalue weighted by Gasteiger charge is 2.61. The first-order valence-corrected chi connectivity index (χ1v) is 10.2. The van der Waals surface area contributed by atoms with Crippen molar-refractivity contribution in [2.75, 3.05) is 11.6 Å². The normalized spacial score (nSPS) is 18.6. The summed E-state index contributed by atoms with van der Waals surface area (Å²) in [7, 11) is -6.09.